The first kappa shape index (κ1) is 15.6. The Hall–Kier alpha value is -1.79. The smallest absolute Gasteiger partial charge is 0.142 e. The molecule has 0 aliphatic rings. The molecule has 0 amide bonds. The molecule has 114 valence electrons. The van der Waals surface area contributed by atoms with E-state index in [2.05, 4.69) is 15.6 Å². The number of aliphatic hydroxyl groups excluding tert-OH is 1. The van der Waals surface area contributed by atoms with Crippen LogP contribution >= 0.6 is 11.6 Å². The molecule has 0 saturated heterocycles. The Balaban J connectivity index is 1.98. The molecule has 0 saturated carbocycles. The van der Waals surface area contributed by atoms with Crippen LogP contribution in [-0.2, 0) is 13.1 Å². The van der Waals surface area contributed by atoms with Gasteiger partial charge in [-0.3, -0.25) is 4.68 Å². The summed E-state index contributed by atoms with van der Waals surface area (Å²) in [7, 11) is 0. The van der Waals surface area contributed by atoms with E-state index in [1.54, 1.807) is 10.7 Å². The summed E-state index contributed by atoms with van der Waals surface area (Å²) in [6, 6.07) is 5.46. The second-order valence-corrected chi connectivity index (χ2v) is 4.91. The van der Waals surface area contributed by atoms with E-state index in [-0.39, 0.29) is 6.61 Å². The predicted molar refractivity (Wildman–Crippen MR) is 81.7 cm³/mol. The van der Waals surface area contributed by atoms with Crippen molar-refractivity contribution in [2.24, 2.45) is 0 Å². The van der Waals surface area contributed by atoms with Crippen LogP contribution in [0.1, 0.15) is 19.0 Å². The molecule has 1 aromatic heterocycles. The van der Waals surface area contributed by atoms with Crippen LogP contribution in [0.25, 0.3) is 0 Å². The molecule has 0 aliphatic heterocycles. The SMILES string of the molecule is CCOc1ccc(Cl)cc1NCc1cn(CCCO)nn1. The van der Waals surface area contributed by atoms with E-state index in [1.807, 2.05) is 25.3 Å². The zero-order chi connectivity index (χ0) is 15.1. The summed E-state index contributed by atoms with van der Waals surface area (Å²) in [6.07, 6.45) is 2.52. The zero-order valence-electron chi connectivity index (χ0n) is 11.9. The van der Waals surface area contributed by atoms with E-state index >= 15 is 0 Å². The predicted octanol–water partition coefficient (Wildman–Crippen LogP) is 2.32. The molecular weight excluding hydrogens is 292 g/mol. The highest BCUT2D eigenvalue weighted by atomic mass is 35.5. The summed E-state index contributed by atoms with van der Waals surface area (Å²) in [4.78, 5) is 0. The number of hydrogen-bond donors (Lipinski definition) is 2. The normalized spacial score (nSPS) is 10.6. The number of aryl methyl sites for hydroxylation is 1. The van der Waals surface area contributed by atoms with E-state index in [0.717, 1.165) is 17.1 Å². The van der Waals surface area contributed by atoms with Gasteiger partial charge in [-0.1, -0.05) is 16.8 Å². The van der Waals surface area contributed by atoms with Crippen molar-refractivity contribution >= 4 is 17.3 Å². The largest absolute Gasteiger partial charge is 0.492 e. The van der Waals surface area contributed by atoms with Gasteiger partial charge in [-0.25, -0.2) is 0 Å². The second kappa shape index (κ2) is 7.85. The summed E-state index contributed by atoms with van der Waals surface area (Å²) in [5.41, 5.74) is 1.64. The molecule has 7 heteroatoms. The Morgan fingerprint density at radius 2 is 2.29 bits per heavy atom. The molecule has 1 heterocycles. The highest BCUT2D eigenvalue weighted by Crippen LogP contribution is 2.28. The van der Waals surface area contributed by atoms with Crippen molar-refractivity contribution in [3.63, 3.8) is 0 Å². The molecule has 0 fully saturated rings. The van der Waals surface area contributed by atoms with Crippen molar-refractivity contribution in [1.29, 1.82) is 0 Å². The fourth-order valence-corrected chi connectivity index (χ4v) is 2.04. The third-order valence-electron chi connectivity index (χ3n) is 2.83. The lowest BCUT2D eigenvalue weighted by atomic mass is 10.3. The van der Waals surface area contributed by atoms with E-state index in [4.69, 9.17) is 21.4 Å². The molecule has 21 heavy (non-hydrogen) atoms. The molecule has 0 bridgehead atoms. The summed E-state index contributed by atoms with van der Waals surface area (Å²) >= 11 is 6.01. The number of nitrogens with zero attached hydrogens (tertiary/aromatic N) is 3. The Bertz CT molecular complexity index is 574. The van der Waals surface area contributed by atoms with Gasteiger partial charge in [-0.15, -0.1) is 5.10 Å². The summed E-state index contributed by atoms with van der Waals surface area (Å²) in [6.45, 7) is 3.86. The molecule has 6 nitrogen and oxygen atoms in total. The number of nitrogens with one attached hydrogen (secondary N) is 1. The van der Waals surface area contributed by atoms with Gasteiger partial charge in [0.15, 0.2) is 0 Å². The van der Waals surface area contributed by atoms with Gasteiger partial charge >= 0.3 is 0 Å². The molecule has 0 aliphatic carbocycles. The quantitative estimate of drug-likeness (QED) is 0.783. The maximum absolute atomic E-state index is 8.79. The van der Waals surface area contributed by atoms with Crippen molar-refractivity contribution in [3.05, 3.63) is 35.1 Å². The van der Waals surface area contributed by atoms with E-state index in [0.29, 0.717) is 31.1 Å². The molecule has 0 radical (unpaired) electrons. The molecule has 1 aromatic carbocycles. The summed E-state index contributed by atoms with van der Waals surface area (Å²) < 4.78 is 7.27. The van der Waals surface area contributed by atoms with Gasteiger partial charge in [0.25, 0.3) is 0 Å². The van der Waals surface area contributed by atoms with E-state index in [1.165, 1.54) is 0 Å². The first-order valence-corrected chi connectivity index (χ1v) is 7.26. The Kier molecular flexibility index (Phi) is 5.83. The van der Waals surface area contributed by atoms with E-state index < -0.39 is 0 Å². The number of halogens is 1. The number of aromatic nitrogens is 3. The standard InChI is InChI=1S/C14H19ClN4O2/c1-2-21-14-5-4-11(15)8-13(14)16-9-12-10-19(18-17-12)6-3-7-20/h4-5,8,10,16,20H,2-3,6-7,9H2,1H3. The average Bonchev–Trinajstić information content (AvgIpc) is 2.93. The molecule has 2 N–H and O–H groups in total. The van der Waals surface area contributed by atoms with Gasteiger partial charge in [0.1, 0.15) is 11.4 Å². The number of benzene rings is 1. The number of aliphatic hydroxyl groups is 1. The fraction of sp³-hybridized carbons (Fsp3) is 0.429. The maximum Gasteiger partial charge on any atom is 0.142 e. The second-order valence-electron chi connectivity index (χ2n) is 4.48. The van der Waals surface area contributed by atoms with Gasteiger partial charge in [0.05, 0.1) is 25.0 Å². The van der Waals surface area contributed by atoms with Crippen LogP contribution in [0.5, 0.6) is 5.75 Å². The van der Waals surface area contributed by atoms with Crippen LogP contribution < -0.4 is 10.1 Å². The van der Waals surface area contributed by atoms with Crippen molar-refractivity contribution in [2.75, 3.05) is 18.5 Å². The molecule has 0 spiro atoms. The summed E-state index contributed by atoms with van der Waals surface area (Å²) in [5.74, 6) is 0.759. The average molecular weight is 311 g/mol. The maximum atomic E-state index is 8.79. The van der Waals surface area contributed by atoms with Crippen LogP contribution in [-0.4, -0.2) is 33.3 Å². The number of ether oxygens (including phenoxy) is 1. The molecule has 0 atom stereocenters. The molecule has 0 unspecified atom stereocenters. The fourth-order valence-electron chi connectivity index (χ4n) is 1.87. The lowest BCUT2D eigenvalue weighted by Crippen LogP contribution is -2.03. The van der Waals surface area contributed by atoms with Crippen molar-refractivity contribution in [2.45, 2.75) is 26.4 Å². The lowest BCUT2D eigenvalue weighted by Gasteiger charge is -2.11. The van der Waals surface area contributed by atoms with E-state index in [9.17, 15) is 0 Å². The van der Waals surface area contributed by atoms with Gasteiger partial charge < -0.3 is 15.2 Å². The minimum absolute atomic E-state index is 0.147. The topological polar surface area (TPSA) is 72.2 Å². The minimum atomic E-state index is 0.147. The van der Waals surface area contributed by atoms with Crippen LogP contribution in [0.2, 0.25) is 5.02 Å². The molecule has 2 rings (SSSR count). The highest BCUT2D eigenvalue weighted by molar-refractivity contribution is 6.30. The Morgan fingerprint density at radius 1 is 1.43 bits per heavy atom. The van der Waals surface area contributed by atoms with Crippen molar-refractivity contribution in [1.82, 2.24) is 15.0 Å². The monoisotopic (exact) mass is 310 g/mol. The van der Waals surface area contributed by atoms with Gasteiger partial charge in [0, 0.05) is 18.2 Å². The van der Waals surface area contributed by atoms with Crippen LogP contribution in [0.15, 0.2) is 24.4 Å². The Morgan fingerprint density at radius 3 is 3.05 bits per heavy atom. The molecular formula is C14H19ClN4O2. The zero-order valence-corrected chi connectivity index (χ0v) is 12.7. The summed E-state index contributed by atoms with van der Waals surface area (Å²) in [5, 5.41) is 20.8. The third kappa shape index (κ3) is 4.61. The van der Waals surface area contributed by atoms with Gasteiger partial charge in [-0.2, -0.15) is 0 Å². The van der Waals surface area contributed by atoms with Gasteiger partial charge in [-0.05, 0) is 31.5 Å². The highest BCUT2D eigenvalue weighted by Gasteiger charge is 2.06. The number of hydrogen-bond acceptors (Lipinski definition) is 5. The lowest BCUT2D eigenvalue weighted by molar-refractivity contribution is 0.276. The third-order valence-corrected chi connectivity index (χ3v) is 3.07. The van der Waals surface area contributed by atoms with Crippen LogP contribution in [0.4, 0.5) is 5.69 Å². The first-order valence-electron chi connectivity index (χ1n) is 6.89. The van der Waals surface area contributed by atoms with Gasteiger partial charge in [0.2, 0.25) is 0 Å². The van der Waals surface area contributed by atoms with Crippen molar-refractivity contribution < 1.29 is 9.84 Å². The Labute approximate surface area is 128 Å². The van der Waals surface area contributed by atoms with Crippen molar-refractivity contribution in [3.8, 4) is 5.75 Å². The number of rotatable bonds is 8. The van der Waals surface area contributed by atoms with Crippen LogP contribution in [0.3, 0.4) is 0 Å². The number of anilines is 1. The first-order chi connectivity index (χ1) is 10.2. The minimum Gasteiger partial charge on any atom is -0.492 e. The van der Waals surface area contributed by atoms with Crippen LogP contribution in [0, 0.1) is 0 Å². The molecule has 2 aromatic rings.